The summed E-state index contributed by atoms with van der Waals surface area (Å²) in [4.78, 5) is 0. The summed E-state index contributed by atoms with van der Waals surface area (Å²) in [5, 5.41) is 9.26. The molecule has 1 saturated heterocycles. The standard InChI is InChI=1S/C12H13NO/c13-9-12(7-4-8-14-10-12)11-5-2-1-3-6-11/h1-3,5-6H,4,7-8,10H2/t12-/m0/s1. The van der Waals surface area contributed by atoms with Crippen LogP contribution in [0.3, 0.4) is 0 Å². The monoisotopic (exact) mass is 187 g/mol. The topological polar surface area (TPSA) is 33.0 Å². The van der Waals surface area contributed by atoms with E-state index in [4.69, 9.17) is 4.74 Å². The third-order valence-corrected chi connectivity index (χ3v) is 2.78. The van der Waals surface area contributed by atoms with Crippen LogP contribution in [0.25, 0.3) is 0 Å². The first-order chi connectivity index (χ1) is 6.87. The van der Waals surface area contributed by atoms with Gasteiger partial charge in [-0.1, -0.05) is 30.3 Å². The third-order valence-electron chi connectivity index (χ3n) is 2.78. The number of hydrogen-bond acceptors (Lipinski definition) is 2. The Kier molecular flexibility index (Phi) is 2.51. The van der Waals surface area contributed by atoms with E-state index in [0.717, 1.165) is 25.0 Å². The fraction of sp³-hybridized carbons (Fsp3) is 0.417. The van der Waals surface area contributed by atoms with Gasteiger partial charge >= 0.3 is 0 Å². The predicted octanol–water partition coefficient (Wildman–Crippen LogP) is 2.26. The van der Waals surface area contributed by atoms with E-state index in [2.05, 4.69) is 6.07 Å². The maximum atomic E-state index is 9.26. The van der Waals surface area contributed by atoms with Crippen LogP contribution in [0.5, 0.6) is 0 Å². The van der Waals surface area contributed by atoms with Gasteiger partial charge in [-0.25, -0.2) is 0 Å². The summed E-state index contributed by atoms with van der Waals surface area (Å²) in [5.74, 6) is 0. The number of benzene rings is 1. The van der Waals surface area contributed by atoms with E-state index >= 15 is 0 Å². The highest BCUT2D eigenvalue weighted by Gasteiger charge is 2.34. The molecule has 72 valence electrons. The van der Waals surface area contributed by atoms with Gasteiger partial charge in [0.2, 0.25) is 0 Å². The molecule has 0 saturated carbocycles. The number of hydrogen-bond donors (Lipinski definition) is 0. The van der Waals surface area contributed by atoms with Crippen molar-refractivity contribution in [3.63, 3.8) is 0 Å². The van der Waals surface area contributed by atoms with E-state index in [0.29, 0.717) is 6.61 Å². The fourth-order valence-electron chi connectivity index (χ4n) is 1.93. The van der Waals surface area contributed by atoms with Crippen molar-refractivity contribution in [1.82, 2.24) is 0 Å². The molecule has 1 atom stereocenters. The highest BCUT2D eigenvalue weighted by molar-refractivity contribution is 5.32. The summed E-state index contributed by atoms with van der Waals surface area (Å²) in [6.07, 6.45) is 1.88. The average Bonchev–Trinajstić information content (AvgIpc) is 2.31. The van der Waals surface area contributed by atoms with Gasteiger partial charge in [0.05, 0.1) is 12.7 Å². The first-order valence-corrected chi connectivity index (χ1v) is 4.92. The van der Waals surface area contributed by atoms with Crippen LogP contribution in [-0.4, -0.2) is 13.2 Å². The Bertz CT molecular complexity index is 333. The van der Waals surface area contributed by atoms with Gasteiger partial charge in [0.25, 0.3) is 0 Å². The Labute approximate surface area is 84.1 Å². The Hall–Kier alpha value is -1.33. The molecule has 2 rings (SSSR count). The molecule has 0 amide bonds. The van der Waals surface area contributed by atoms with Crippen LogP contribution in [0.15, 0.2) is 30.3 Å². The second kappa shape index (κ2) is 3.81. The van der Waals surface area contributed by atoms with Crippen molar-refractivity contribution in [2.24, 2.45) is 0 Å². The SMILES string of the molecule is N#C[C@@]1(c2ccccc2)CCCOC1. The summed E-state index contributed by atoms with van der Waals surface area (Å²) in [5.41, 5.74) is 0.682. The second-order valence-electron chi connectivity index (χ2n) is 3.72. The van der Waals surface area contributed by atoms with E-state index in [1.165, 1.54) is 0 Å². The van der Waals surface area contributed by atoms with Gasteiger partial charge in [-0.2, -0.15) is 5.26 Å². The smallest absolute Gasteiger partial charge is 0.106 e. The first-order valence-electron chi connectivity index (χ1n) is 4.92. The Balaban J connectivity index is 2.33. The molecule has 2 heteroatoms. The van der Waals surface area contributed by atoms with Crippen LogP contribution >= 0.6 is 0 Å². The van der Waals surface area contributed by atoms with Gasteiger partial charge in [-0.3, -0.25) is 0 Å². The van der Waals surface area contributed by atoms with E-state index < -0.39 is 5.41 Å². The summed E-state index contributed by atoms with van der Waals surface area (Å²) in [7, 11) is 0. The quantitative estimate of drug-likeness (QED) is 0.675. The molecular formula is C12H13NO. The summed E-state index contributed by atoms with van der Waals surface area (Å²) in [6, 6.07) is 12.4. The van der Waals surface area contributed by atoms with Crippen LogP contribution < -0.4 is 0 Å². The van der Waals surface area contributed by atoms with Crippen molar-refractivity contribution in [3.8, 4) is 6.07 Å². The van der Waals surface area contributed by atoms with E-state index in [9.17, 15) is 5.26 Å². The second-order valence-corrected chi connectivity index (χ2v) is 3.72. The zero-order valence-electron chi connectivity index (χ0n) is 8.07. The zero-order chi connectivity index (χ0) is 9.86. The molecule has 0 spiro atoms. The maximum Gasteiger partial charge on any atom is 0.106 e. The molecule has 0 aliphatic carbocycles. The molecule has 14 heavy (non-hydrogen) atoms. The molecule has 1 heterocycles. The van der Waals surface area contributed by atoms with Crippen molar-refractivity contribution in [3.05, 3.63) is 35.9 Å². The minimum Gasteiger partial charge on any atom is -0.379 e. The van der Waals surface area contributed by atoms with Gasteiger partial charge < -0.3 is 4.74 Å². The molecule has 1 aliphatic heterocycles. The van der Waals surface area contributed by atoms with Gasteiger partial charge in [0, 0.05) is 6.61 Å². The van der Waals surface area contributed by atoms with E-state index in [-0.39, 0.29) is 0 Å². The molecule has 0 bridgehead atoms. The Morgan fingerprint density at radius 2 is 2.07 bits per heavy atom. The number of nitriles is 1. The van der Waals surface area contributed by atoms with Crippen molar-refractivity contribution in [2.45, 2.75) is 18.3 Å². The molecule has 0 radical (unpaired) electrons. The van der Waals surface area contributed by atoms with E-state index in [1.807, 2.05) is 30.3 Å². The predicted molar refractivity (Wildman–Crippen MR) is 53.8 cm³/mol. The largest absolute Gasteiger partial charge is 0.379 e. The maximum absolute atomic E-state index is 9.26. The zero-order valence-corrected chi connectivity index (χ0v) is 8.07. The molecular weight excluding hydrogens is 174 g/mol. The lowest BCUT2D eigenvalue weighted by Gasteiger charge is -2.30. The van der Waals surface area contributed by atoms with Crippen molar-refractivity contribution < 1.29 is 4.74 Å². The van der Waals surface area contributed by atoms with Crippen LogP contribution in [0.4, 0.5) is 0 Å². The molecule has 2 nitrogen and oxygen atoms in total. The molecule has 0 aromatic heterocycles. The van der Waals surface area contributed by atoms with Crippen LogP contribution in [-0.2, 0) is 10.2 Å². The van der Waals surface area contributed by atoms with Gasteiger partial charge in [0.15, 0.2) is 0 Å². The molecule has 1 aliphatic rings. The van der Waals surface area contributed by atoms with Gasteiger partial charge in [-0.05, 0) is 18.4 Å². The Morgan fingerprint density at radius 3 is 2.64 bits per heavy atom. The summed E-state index contributed by atoms with van der Waals surface area (Å²) in [6.45, 7) is 1.32. The highest BCUT2D eigenvalue weighted by atomic mass is 16.5. The highest BCUT2D eigenvalue weighted by Crippen LogP contribution is 2.31. The number of ether oxygens (including phenoxy) is 1. The average molecular weight is 187 g/mol. The van der Waals surface area contributed by atoms with Gasteiger partial charge in [-0.15, -0.1) is 0 Å². The van der Waals surface area contributed by atoms with Crippen molar-refractivity contribution in [2.75, 3.05) is 13.2 Å². The first kappa shape index (κ1) is 9.23. The molecule has 1 aromatic carbocycles. The van der Waals surface area contributed by atoms with Crippen LogP contribution in [0.2, 0.25) is 0 Å². The van der Waals surface area contributed by atoms with Gasteiger partial charge in [0.1, 0.15) is 5.41 Å². The summed E-state index contributed by atoms with van der Waals surface area (Å²) < 4.78 is 5.41. The van der Waals surface area contributed by atoms with E-state index in [1.54, 1.807) is 0 Å². The van der Waals surface area contributed by atoms with Crippen molar-refractivity contribution >= 4 is 0 Å². The number of rotatable bonds is 1. The Morgan fingerprint density at radius 1 is 1.29 bits per heavy atom. The molecule has 0 unspecified atom stereocenters. The van der Waals surface area contributed by atoms with Crippen LogP contribution in [0.1, 0.15) is 18.4 Å². The minimum atomic E-state index is -0.403. The normalized spacial score (nSPS) is 26.8. The molecule has 1 aromatic rings. The number of nitrogens with zero attached hydrogens (tertiary/aromatic N) is 1. The fourth-order valence-corrected chi connectivity index (χ4v) is 1.93. The third kappa shape index (κ3) is 1.51. The van der Waals surface area contributed by atoms with Crippen molar-refractivity contribution in [1.29, 1.82) is 5.26 Å². The summed E-state index contributed by atoms with van der Waals surface area (Å²) >= 11 is 0. The minimum absolute atomic E-state index is 0.403. The molecule has 0 N–H and O–H groups in total. The lowest BCUT2D eigenvalue weighted by molar-refractivity contribution is 0.0563. The van der Waals surface area contributed by atoms with Crippen LogP contribution in [0, 0.1) is 11.3 Å². The lowest BCUT2D eigenvalue weighted by Crippen LogP contribution is -2.34. The molecule has 1 fully saturated rings. The lowest BCUT2D eigenvalue weighted by atomic mass is 9.78.